The second kappa shape index (κ2) is 8.65. The van der Waals surface area contributed by atoms with Crippen LogP contribution < -0.4 is 5.32 Å². The van der Waals surface area contributed by atoms with Gasteiger partial charge in [0.2, 0.25) is 11.8 Å². The zero-order chi connectivity index (χ0) is 21.1. The number of carbonyl (C=O) groups excluding carboxylic acids is 1. The summed E-state index contributed by atoms with van der Waals surface area (Å²) in [5.74, 6) is -0.0817. The highest BCUT2D eigenvalue weighted by molar-refractivity contribution is 6.31. The predicted octanol–water partition coefficient (Wildman–Crippen LogP) is 5.60. The topological polar surface area (TPSA) is 80.9 Å². The quantitative estimate of drug-likeness (QED) is 0.438. The molecule has 0 unspecified atom stereocenters. The minimum absolute atomic E-state index is 0.0962. The molecule has 2 aromatic carbocycles. The van der Waals surface area contributed by atoms with Crippen molar-refractivity contribution in [2.75, 3.05) is 5.32 Å². The van der Waals surface area contributed by atoms with Crippen LogP contribution in [0.15, 0.2) is 65.6 Å². The van der Waals surface area contributed by atoms with E-state index in [-0.39, 0.29) is 18.2 Å². The van der Waals surface area contributed by atoms with Gasteiger partial charge in [0.25, 0.3) is 0 Å². The zero-order valence-corrected chi connectivity index (χ0v) is 17.4. The molecule has 0 fully saturated rings. The maximum Gasteiger partial charge on any atom is 0.241 e. The van der Waals surface area contributed by atoms with Crippen molar-refractivity contribution < 1.29 is 9.32 Å². The van der Waals surface area contributed by atoms with Gasteiger partial charge in [-0.1, -0.05) is 52.6 Å². The number of carbonyl (C=O) groups is 1. The van der Waals surface area contributed by atoms with Gasteiger partial charge in [0.15, 0.2) is 0 Å². The lowest BCUT2D eigenvalue weighted by molar-refractivity contribution is -0.115. The van der Waals surface area contributed by atoms with E-state index in [0.717, 1.165) is 11.1 Å². The molecule has 4 rings (SSSR count). The van der Waals surface area contributed by atoms with Crippen LogP contribution in [0.2, 0.25) is 10.0 Å². The van der Waals surface area contributed by atoms with Gasteiger partial charge in [-0.3, -0.25) is 10.1 Å². The molecule has 4 aromatic rings. The van der Waals surface area contributed by atoms with E-state index in [0.29, 0.717) is 32.6 Å². The number of halogens is 2. The van der Waals surface area contributed by atoms with Gasteiger partial charge < -0.3 is 4.52 Å². The van der Waals surface area contributed by atoms with Gasteiger partial charge in [0.1, 0.15) is 12.0 Å². The Balaban J connectivity index is 1.71. The van der Waals surface area contributed by atoms with Crippen LogP contribution in [0.5, 0.6) is 0 Å². The maximum absolute atomic E-state index is 12.7. The average molecular weight is 439 g/mol. The molecule has 0 radical (unpaired) electrons. The Bertz CT molecular complexity index is 1210. The predicted molar refractivity (Wildman–Crippen MR) is 116 cm³/mol. The van der Waals surface area contributed by atoms with E-state index in [9.17, 15) is 4.79 Å². The van der Waals surface area contributed by atoms with Crippen LogP contribution in [0.25, 0.3) is 22.5 Å². The molecule has 0 aliphatic rings. The first-order valence-corrected chi connectivity index (χ1v) is 9.84. The summed E-state index contributed by atoms with van der Waals surface area (Å²) in [5.41, 5.74) is 4.08. The van der Waals surface area contributed by atoms with Gasteiger partial charge in [-0.15, -0.1) is 0 Å². The summed E-state index contributed by atoms with van der Waals surface area (Å²) in [6, 6.07) is 14.4. The molecule has 30 heavy (non-hydrogen) atoms. The Hall–Kier alpha value is -3.22. The highest BCUT2D eigenvalue weighted by Gasteiger charge is 2.22. The standard InChI is InChI=1S/C22H16Cl2N4O2/c1-13-10-15(6-7-16(13)23)21-20(18-8-9-25-12-26-18)22(30-28-21)27-19(29)11-14-4-2-3-5-17(14)24/h2-10,12H,11H2,1H3,(H,27,29). The molecule has 0 atom stereocenters. The highest BCUT2D eigenvalue weighted by atomic mass is 35.5. The fraction of sp³-hybridized carbons (Fsp3) is 0.0909. The van der Waals surface area contributed by atoms with Crippen LogP contribution in [0.3, 0.4) is 0 Å². The number of aromatic nitrogens is 3. The van der Waals surface area contributed by atoms with E-state index in [2.05, 4.69) is 20.4 Å². The van der Waals surface area contributed by atoms with Crippen LogP contribution in [0.1, 0.15) is 11.1 Å². The monoisotopic (exact) mass is 438 g/mol. The third kappa shape index (κ3) is 4.20. The first kappa shape index (κ1) is 20.1. The van der Waals surface area contributed by atoms with Gasteiger partial charge in [-0.25, -0.2) is 9.97 Å². The molecule has 0 saturated carbocycles. The van der Waals surface area contributed by atoms with Crippen LogP contribution in [-0.4, -0.2) is 21.0 Å². The normalized spacial score (nSPS) is 10.8. The molecular formula is C22H16Cl2N4O2. The fourth-order valence-electron chi connectivity index (χ4n) is 3.03. The van der Waals surface area contributed by atoms with Crippen LogP contribution in [-0.2, 0) is 11.2 Å². The number of anilines is 1. The van der Waals surface area contributed by atoms with Crippen molar-refractivity contribution in [3.63, 3.8) is 0 Å². The number of rotatable bonds is 5. The summed E-state index contributed by atoms with van der Waals surface area (Å²) in [4.78, 5) is 20.9. The first-order chi connectivity index (χ1) is 14.5. The lowest BCUT2D eigenvalue weighted by atomic mass is 10.0. The Kier molecular flexibility index (Phi) is 5.79. The highest BCUT2D eigenvalue weighted by Crippen LogP contribution is 2.37. The van der Waals surface area contributed by atoms with E-state index < -0.39 is 0 Å². The Morgan fingerprint density at radius 2 is 1.93 bits per heavy atom. The number of hydrogen-bond donors (Lipinski definition) is 1. The molecule has 0 bridgehead atoms. The van der Waals surface area contributed by atoms with Crippen molar-refractivity contribution in [3.8, 4) is 22.5 Å². The average Bonchev–Trinajstić information content (AvgIpc) is 3.15. The van der Waals surface area contributed by atoms with Crippen molar-refractivity contribution in [1.29, 1.82) is 0 Å². The third-order valence-electron chi connectivity index (χ3n) is 4.52. The molecule has 0 aliphatic heterocycles. The van der Waals surface area contributed by atoms with Crippen LogP contribution in [0.4, 0.5) is 5.88 Å². The molecule has 0 spiro atoms. The summed E-state index contributed by atoms with van der Waals surface area (Å²) in [6.07, 6.45) is 3.13. The second-order valence-electron chi connectivity index (χ2n) is 6.61. The molecule has 2 aromatic heterocycles. The molecule has 1 amide bonds. The number of amides is 1. The summed E-state index contributed by atoms with van der Waals surface area (Å²) < 4.78 is 5.51. The van der Waals surface area contributed by atoms with E-state index in [1.807, 2.05) is 31.2 Å². The Morgan fingerprint density at radius 3 is 2.67 bits per heavy atom. The third-order valence-corrected chi connectivity index (χ3v) is 5.32. The van der Waals surface area contributed by atoms with Crippen molar-refractivity contribution >= 4 is 35.0 Å². The first-order valence-electron chi connectivity index (χ1n) is 9.09. The Morgan fingerprint density at radius 1 is 1.10 bits per heavy atom. The van der Waals surface area contributed by atoms with Gasteiger partial charge in [-0.2, -0.15) is 0 Å². The van der Waals surface area contributed by atoms with Crippen LogP contribution >= 0.6 is 23.2 Å². The molecule has 6 nitrogen and oxygen atoms in total. The molecular weight excluding hydrogens is 423 g/mol. The minimum atomic E-state index is -0.284. The fourth-order valence-corrected chi connectivity index (χ4v) is 3.35. The van der Waals surface area contributed by atoms with Gasteiger partial charge in [0.05, 0.1) is 17.7 Å². The molecule has 0 aliphatic carbocycles. The summed E-state index contributed by atoms with van der Waals surface area (Å²) in [7, 11) is 0. The SMILES string of the molecule is Cc1cc(-c2noc(NC(=O)Cc3ccccc3Cl)c2-c2ccncn2)ccc1Cl. The van der Waals surface area contributed by atoms with Crippen LogP contribution in [0, 0.1) is 6.92 Å². The van der Waals surface area contributed by atoms with E-state index in [1.54, 1.807) is 30.5 Å². The number of nitrogens with one attached hydrogen (secondary N) is 1. The van der Waals surface area contributed by atoms with E-state index in [1.165, 1.54) is 6.33 Å². The number of benzene rings is 2. The van der Waals surface area contributed by atoms with Gasteiger partial charge >= 0.3 is 0 Å². The number of nitrogens with zero attached hydrogens (tertiary/aromatic N) is 3. The molecule has 1 N–H and O–H groups in total. The summed E-state index contributed by atoms with van der Waals surface area (Å²) in [6.45, 7) is 1.91. The number of hydrogen-bond acceptors (Lipinski definition) is 5. The zero-order valence-electron chi connectivity index (χ0n) is 15.9. The summed E-state index contributed by atoms with van der Waals surface area (Å²) in [5, 5.41) is 8.16. The summed E-state index contributed by atoms with van der Waals surface area (Å²) >= 11 is 12.3. The molecule has 0 saturated heterocycles. The minimum Gasteiger partial charge on any atom is -0.337 e. The molecule has 8 heteroatoms. The van der Waals surface area contributed by atoms with Gasteiger partial charge in [-0.05, 0) is 42.3 Å². The lowest BCUT2D eigenvalue weighted by Crippen LogP contribution is -2.14. The van der Waals surface area contributed by atoms with Crippen molar-refractivity contribution in [2.45, 2.75) is 13.3 Å². The molecule has 2 heterocycles. The van der Waals surface area contributed by atoms with Crippen molar-refractivity contribution in [1.82, 2.24) is 15.1 Å². The van der Waals surface area contributed by atoms with Crippen molar-refractivity contribution in [2.24, 2.45) is 0 Å². The van der Waals surface area contributed by atoms with E-state index in [4.69, 9.17) is 27.7 Å². The maximum atomic E-state index is 12.7. The van der Waals surface area contributed by atoms with E-state index >= 15 is 0 Å². The Labute approximate surface area is 182 Å². The smallest absolute Gasteiger partial charge is 0.241 e. The largest absolute Gasteiger partial charge is 0.337 e. The number of aryl methyl sites for hydroxylation is 1. The van der Waals surface area contributed by atoms with Gasteiger partial charge in [0, 0.05) is 21.8 Å². The van der Waals surface area contributed by atoms with Crippen molar-refractivity contribution in [3.05, 3.63) is 82.2 Å². The second-order valence-corrected chi connectivity index (χ2v) is 7.42. The molecule has 150 valence electrons. The lowest BCUT2D eigenvalue weighted by Gasteiger charge is -2.07.